The molecule has 0 spiro atoms. The summed E-state index contributed by atoms with van der Waals surface area (Å²) in [5.41, 5.74) is 3.32. The quantitative estimate of drug-likeness (QED) is 0.658. The minimum absolute atomic E-state index is 0.0914. The summed E-state index contributed by atoms with van der Waals surface area (Å²) in [7, 11) is 0. The van der Waals surface area contributed by atoms with Gasteiger partial charge in [0.2, 0.25) is 0 Å². The highest BCUT2D eigenvalue weighted by atomic mass is 35.5. The zero-order valence-corrected chi connectivity index (χ0v) is 16.2. The van der Waals surface area contributed by atoms with Crippen LogP contribution >= 0.6 is 22.9 Å². The Morgan fingerprint density at radius 3 is 3.00 bits per heavy atom. The maximum atomic E-state index is 12.2. The van der Waals surface area contributed by atoms with Crippen LogP contribution in [-0.2, 0) is 13.2 Å². The topological polar surface area (TPSA) is 56.1 Å². The lowest BCUT2D eigenvalue weighted by Crippen LogP contribution is -2.26. The number of carbonyl (C=O) groups is 1. The molecule has 26 heavy (non-hydrogen) atoms. The van der Waals surface area contributed by atoms with Crippen LogP contribution in [0, 0.1) is 13.8 Å². The molecule has 0 saturated carbocycles. The molecular formula is C19H20ClN3O2S. The predicted octanol–water partition coefficient (Wildman–Crippen LogP) is 4.22. The van der Waals surface area contributed by atoms with Crippen molar-refractivity contribution in [3.05, 3.63) is 68.6 Å². The molecule has 0 radical (unpaired) electrons. The van der Waals surface area contributed by atoms with Crippen molar-refractivity contribution in [1.82, 2.24) is 15.1 Å². The van der Waals surface area contributed by atoms with Gasteiger partial charge in [0.25, 0.3) is 5.91 Å². The summed E-state index contributed by atoms with van der Waals surface area (Å²) in [6.07, 6.45) is 3.30. The van der Waals surface area contributed by atoms with Crippen LogP contribution in [0.5, 0.6) is 5.75 Å². The fraction of sp³-hybridized carbons (Fsp3) is 0.263. The summed E-state index contributed by atoms with van der Waals surface area (Å²) in [6, 6.07) is 7.88. The number of amides is 1. The summed E-state index contributed by atoms with van der Waals surface area (Å²) in [4.78, 5) is 12.9. The van der Waals surface area contributed by atoms with Crippen LogP contribution in [0.4, 0.5) is 0 Å². The minimum atomic E-state index is -0.0914. The number of carbonyl (C=O) groups excluding carboxylic acids is 1. The van der Waals surface area contributed by atoms with Gasteiger partial charge in [-0.1, -0.05) is 23.7 Å². The van der Waals surface area contributed by atoms with Gasteiger partial charge in [0.05, 0.1) is 22.6 Å². The molecule has 2 aromatic heterocycles. The molecule has 0 atom stereocenters. The Labute approximate surface area is 161 Å². The molecule has 3 aromatic rings. The number of hydrogen-bond donors (Lipinski definition) is 1. The molecule has 136 valence electrons. The molecule has 0 fully saturated rings. The summed E-state index contributed by atoms with van der Waals surface area (Å²) in [5.74, 6) is 0.784. The number of halogens is 1. The number of benzene rings is 1. The van der Waals surface area contributed by atoms with E-state index in [-0.39, 0.29) is 5.91 Å². The fourth-order valence-corrected chi connectivity index (χ4v) is 3.41. The average molecular weight is 390 g/mol. The van der Waals surface area contributed by atoms with E-state index in [0.717, 1.165) is 16.9 Å². The molecule has 0 saturated heterocycles. The Bertz CT molecular complexity index is 904. The molecule has 0 bridgehead atoms. The van der Waals surface area contributed by atoms with Crippen molar-refractivity contribution in [1.29, 1.82) is 0 Å². The Morgan fingerprint density at radius 2 is 2.23 bits per heavy atom. The molecule has 1 aromatic carbocycles. The molecule has 2 heterocycles. The highest BCUT2D eigenvalue weighted by molar-refractivity contribution is 7.12. The van der Waals surface area contributed by atoms with E-state index < -0.39 is 0 Å². The van der Waals surface area contributed by atoms with Crippen LogP contribution in [0.25, 0.3) is 0 Å². The van der Waals surface area contributed by atoms with Crippen LogP contribution < -0.4 is 10.1 Å². The predicted molar refractivity (Wildman–Crippen MR) is 104 cm³/mol. The van der Waals surface area contributed by atoms with Crippen molar-refractivity contribution < 1.29 is 9.53 Å². The number of nitrogens with one attached hydrogen (secondary N) is 1. The third-order valence-electron chi connectivity index (χ3n) is 4.06. The van der Waals surface area contributed by atoms with Crippen LogP contribution in [0.3, 0.4) is 0 Å². The van der Waals surface area contributed by atoms with Gasteiger partial charge in [-0.15, -0.1) is 11.3 Å². The number of rotatable bonds is 7. The molecule has 5 nitrogen and oxygen atoms in total. The Kier molecular flexibility index (Phi) is 5.96. The zero-order valence-electron chi connectivity index (χ0n) is 14.7. The van der Waals surface area contributed by atoms with E-state index in [1.165, 1.54) is 16.9 Å². The van der Waals surface area contributed by atoms with Gasteiger partial charge in [-0.2, -0.15) is 5.10 Å². The summed E-state index contributed by atoms with van der Waals surface area (Å²) in [5, 5.41) is 9.50. The van der Waals surface area contributed by atoms with Gasteiger partial charge in [-0.25, -0.2) is 0 Å². The molecule has 0 unspecified atom stereocenters. The number of aromatic nitrogens is 2. The number of ether oxygens (including phenoxy) is 1. The highest BCUT2D eigenvalue weighted by Gasteiger charge is 2.10. The highest BCUT2D eigenvalue weighted by Crippen LogP contribution is 2.23. The van der Waals surface area contributed by atoms with Crippen LogP contribution in [0.1, 0.15) is 26.4 Å². The van der Waals surface area contributed by atoms with Gasteiger partial charge in [-0.3, -0.25) is 9.48 Å². The SMILES string of the molecule is Cc1cccc(OCc2csc(C(=O)NCCn3cc(Cl)cn3)c2)c1C. The maximum absolute atomic E-state index is 12.2. The van der Waals surface area contributed by atoms with Crippen LogP contribution in [-0.4, -0.2) is 22.2 Å². The molecule has 7 heteroatoms. The second kappa shape index (κ2) is 8.38. The minimum Gasteiger partial charge on any atom is -0.489 e. The molecule has 1 amide bonds. The van der Waals surface area contributed by atoms with E-state index in [4.69, 9.17) is 16.3 Å². The number of aryl methyl sites for hydroxylation is 1. The van der Waals surface area contributed by atoms with E-state index in [0.29, 0.717) is 29.6 Å². The smallest absolute Gasteiger partial charge is 0.261 e. The van der Waals surface area contributed by atoms with Crippen LogP contribution in [0.2, 0.25) is 5.02 Å². The molecule has 0 aliphatic rings. The van der Waals surface area contributed by atoms with Crippen molar-refractivity contribution in [2.45, 2.75) is 27.0 Å². The van der Waals surface area contributed by atoms with E-state index in [1.54, 1.807) is 17.1 Å². The van der Waals surface area contributed by atoms with E-state index in [2.05, 4.69) is 23.4 Å². The van der Waals surface area contributed by atoms with Gasteiger partial charge in [0, 0.05) is 18.3 Å². The van der Waals surface area contributed by atoms with E-state index >= 15 is 0 Å². The third-order valence-corrected chi connectivity index (χ3v) is 5.23. The monoisotopic (exact) mass is 389 g/mol. The van der Waals surface area contributed by atoms with Gasteiger partial charge in [0.1, 0.15) is 12.4 Å². The van der Waals surface area contributed by atoms with E-state index in [1.807, 2.05) is 30.5 Å². The Balaban J connectivity index is 1.50. The van der Waals surface area contributed by atoms with E-state index in [9.17, 15) is 4.79 Å². The van der Waals surface area contributed by atoms with Gasteiger partial charge >= 0.3 is 0 Å². The summed E-state index contributed by atoms with van der Waals surface area (Å²) >= 11 is 7.23. The van der Waals surface area contributed by atoms with Crippen molar-refractivity contribution in [2.75, 3.05) is 6.54 Å². The van der Waals surface area contributed by atoms with Crippen molar-refractivity contribution in [3.8, 4) is 5.75 Å². The summed E-state index contributed by atoms with van der Waals surface area (Å²) < 4.78 is 7.58. The lowest BCUT2D eigenvalue weighted by atomic mass is 10.1. The second-order valence-corrected chi connectivity index (χ2v) is 7.33. The Hall–Kier alpha value is -2.31. The zero-order chi connectivity index (χ0) is 18.5. The van der Waals surface area contributed by atoms with Gasteiger partial charge in [-0.05, 0) is 42.5 Å². The molecule has 1 N–H and O–H groups in total. The van der Waals surface area contributed by atoms with Crippen molar-refractivity contribution >= 4 is 28.8 Å². The molecule has 0 aliphatic carbocycles. The lowest BCUT2D eigenvalue weighted by Gasteiger charge is -2.09. The van der Waals surface area contributed by atoms with Gasteiger partial charge in [0.15, 0.2) is 0 Å². The van der Waals surface area contributed by atoms with Crippen LogP contribution in [0.15, 0.2) is 42.0 Å². The summed E-state index contributed by atoms with van der Waals surface area (Å²) in [6.45, 7) is 5.62. The standard InChI is InChI=1S/C19H20ClN3O2S/c1-13-4-3-5-17(14(13)2)25-11-15-8-18(26-12-15)19(24)21-6-7-23-10-16(20)9-22-23/h3-5,8-10,12H,6-7,11H2,1-2H3,(H,21,24). The lowest BCUT2D eigenvalue weighted by molar-refractivity contribution is 0.0956. The second-order valence-electron chi connectivity index (χ2n) is 5.98. The first kappa shape index (κ1) is 18.5. The normalized spacial score (nSPS) is 10.7. The first-order chi connectivity index (χ1) is 12.5. The fourth-order valence-electron chi connectivity index (χ4n) is 2.44. The average Bonchev–Trinajstić information content (AvgIpc) is 3.25. The van der Waals surface area contributed by atoms with Crippen molar-refractivity contribution in [3.63, 3.8) is 0 Å². The molecule has 0 aliphatic heterocycles. The van der Waals surface area contributed by atoms with Gasteiger partial charge < -0.3 is 10.1 Å². The first-order valence-corrected chi connectivity index (χ1v) is 9.51. The Morgan fingerprint density at radius 1 is 1.38 bits per heavy atom. The molecule has 3 rings (SSSR count). The molecular weight excluding hydrogens is 370 g/mol. The first-order valence-electron chi connectivity index (χ1n) is 8.25. The number of nitrogens with zero attached hydrogens (tertiary/aromatic N) is 2. The maximum Gasteiger partial charge on any atom is 0.261 e. The third kappa shape index (κ3) is 4.65. The number of hydrogen-bond acceptors (Lipinski definition) is 4. The van der Waals surface area contributed by atoms with Crippen molar-refractivity contribution in [2.24, 2.45) is 0 Å². The largest absolute Gasteiger partial charge is 0.489 e. The number of thiophene rings is 1.